The third-order valence-corrected chi connectivity index (χ3v) is 5.63. The van der Waals surface area contributed by atoms with Gasteiger partial charge in [0.1, 0.15) is 5.75 Å². The van der Waals surface area contributed by atoms with E-state index in [0.29, 0.717) is 17.5 Å². The fourth-order valence-electron chi connectivity index (χ4n) is 4.47. The second-order valence-electron chi connectivity index (χ2n) is 7.15. The predicted molar refractivity (Wildman–Crippen MR) is 94.3 cm³/mol. The molecular weight excluding hydrogens is 352 g/mol. The van der Waals surface area contributed by atoms with Crippen LogP contribution >= 0.6 is 0 Å². The number of carbonyl (C=O) groups excluding carboxylic acids is 1. The van der Waals surface area contributed by atoms with Crippen LogP contribution in [-0.2, 0) is 0 Å². The number of nitrogens with zero attached hydrogens (tertiary/aromatic N) is 3. The maximum atomic E-state index is 13.0. The molecule has 0 fully saturated rings. The molecule has 2 aliphatic rings. The molecular formula is C20H17F2N3O2. The number of hydrogen-bond acceptors (Lipinski definition) is 3. The third kappa shape index (κ3) is 2.20. The standard InChI is InChI=1S/C20H17F2N3O2/c1-10-6-7-25-13(8-10)17-12-9-14(18(17)23-25)24(2)19(26)11-4-3-5-15(16(11)12)27-20(21)22/h3-8,12,14,20H,9H2,1-2H3. The van der Waals surface area contributed by atoms with E-state index in [1.807, 2.05) is 25.3 Å². The Morgan fingerprint density at radius 3 is 2.85 bits per heavy atom. The number of aryl methyl sites for hydroxylation is 1. The van der Waals surface area contributed by atoms with Crippen LogP contribution in [0, 0.1) is 6.92 Å². The van der Waals surface area contributed by atoms with Crippen LogP contribution in [0.3, 0.4) is 0 Å². The van der Waals surface area contributed by atoms with Gasteiger partial charge in [-0.25, -0.2) is 4.52 Å². The molecule has 138 valence electrons. The molecule has 0 radical (unpaired) electrons. The summed E-state index contributed by atoms with van der Waals surface area (Å²) < 4.78 is 32.6. The van der Waals surface area contributed by atoms with E-state index < -0.39 is 6.61 Å². The van der Waals surface area contributed by atoms with Crippen LogP contribution in [0.1, 0.15) is 51.1 Å². The lowest BCUT2D eigenvalue weighted by molar-refractivity contribution is -0.0505. The molecule has 2 aromatic heterocycles. The Labute approximate surface area is 154 Å². The van der Waals surface area contributed by atoms with Gasteiger partial charge in [-0.3, -0.25) is 4.79 Å². The number of amides is 1. The number of carbonyl (C=O) groups is 1. The Morgan fingerprint density at radius 1 is 1.26 bits per heavy atom. The zero-order chi connectivity index (χ0) is 18.9. The molecule has 5 nitrogen and oxygen atoms in total. The van der Waals surface area contributed by atoms with Crippen molar-refractivity contribution in [1.82, 2.24) is 14.5 Å². The summed E-state index contributed by atoms with van der Waals surface area (Å²) in [6.07, 6.45) is 2.50. The highest BCUT2D eigenvalue weighted by atomic mass is 19.3. The molecule has 0 N–H and O–H groups in total. The van der Waals surface area contributed by atoms with Crippen molar-refractivity contribution in [2.24, 2.45) is 0 Å². The summed E-state index contributed by atoms with van der Waals surface area (Å²) in [7, 11) is 1.74. The van der Waals surface area contributed by atoms with Crippen LogP contribution in [0.4, 0.5) is 8.78 Å². The van der Waals surface area contributed by atoms with Gasteiger partial charge in [-0.05, 0) is 43.2 Å². The summed E-state index contributed by atoms with van der Waals surface area (Å²) in [5.74, 6) is -0.353. The number of ether oxygens (including phenoxy) is 1. The van der Waals surface area contributed by atoms with Crippen molar-refractivity contribution >= 4 is 11.4 Å². The van der Waals surface area contributed by atoms with Crippen LogP contribution < -0.4 is 4.74 Å². The Morgan fingerprint density at radius 2 is 2.07 bits per heavy atom. The number of alkyl halides is 2. The lowest BCUT2D eigenvalue weighted by Gasteiger charge is -2.23. The summed E-state index contributed by atoms with van der Waals surface area (Å²) in [4.78, 5) is 14.7. The van der Waals surface area contributed by atoms with Gasteiger partial charge in [0.15, 0.2) is 0 Å². The molecule has 1 aliphatic heterocycles. The number of halogens is 2. The topological polar surface area (TPSA) is 46.8 Å². The first-order valence-electron chi connectivity index (χ1n) is 8.79. The average molecular weight is 369 g/mol. The quantitative estimate of drug-likeness (QED) is 0.688. The molecule has 0 spiro atoms. The number of pyridine rings is 1. The predicted octanol–water partition coefficient (Wildman–Crippen LogP) is 3.91. The maximum Gasteiger partial charge on any atom is 0.387 e. The molecule has 5 rings (SSSR count). The van der Waals surface area contributed by atoms with Crippen molar-refractivity contribution in [3.8, 4) is 5.75 Å². The zero-order valence-corrected chi connectivity index (χ0v) is 14.8. The van der Waals surface area contributed by atoms with E-state index in [4.69, 9.17) is 9.84 Å². The van der Waals surface area contributed by atoms with Crippen LogP contribution in [0.15, 0.2) is 36.5 Å². The molecule has 1 aromatic carbocycles. The Kier molecular flexibility index (Phi) is 3.32. The summed E-state index contributed by atoms with van der Waals surface area (Å²) in [6.45, 7) is -0.947. The summed E-state index contributed by atoms with van der Waals surface area (Å²) in [5, 5.41) is 4.70. The van der Waals surface area contributed by atoms with Crippen molar-refractivity contribution in [2.75, 3.05) is 7.05 Å². The van der Waals surface area contributed by atoms with E-state index >= 15 is 0 Å². The monoisotopic (exact) mass is 369 g/mol. The molecule has 0 saturated carbocycles. The van der Waals surface area contributed by atoms with Gasteiger partial charge < -0.3 is 9.64 Å². The van der Waals surface area contributed by atoms with Gasteiger partial charge in [-0.2, -0.15) is 13.9 Å². The van der Waals surface area contributed by atoms with Crippen LogP contribution in [0.25, 0.3) is 5.52 Å². The number of hydrogen-bond donors (Lipinski definition) is 0. The molecule has 1 aliphatic carbocycles. The number of rotatable bonds is 2. The van der Waals surface area contributed by atoms with Gasteiger partial charge in [-0.15, -0.1) is 0 Å². The molecule has 2 bridgehead atoms. The maximum absolute atomic E-state index is 13.0. The van der Waals surface area contributed by atoms with E-state index in [9.17, 15) is 13.6 Å². The van der Waals surface area contributed by atoms with E-state index in [0.717, 1.165) is 22.3 Å². The lowest BCUT2D eigenvalue weighted by atomic mass is 9.88. The highest BCUT2D eigenvalue weighted by Crippen LogP contribution is 2.53. The van der Waals surface area contributed by atoms with Crippen molar-refractivity contribution in [3.63, 3.8) is 0 Å². The molecule has 3 heterocycles. The molecule has 27 heavy (non-hydrogen) atoms. The van der Waals surface area contributed by atoms with Crippen LogP contribution in [-0.4, -0.2) is 34.1 Å². The third-order valence-electron chi connectivity index (χ3n) is 5.63. The molecule has 0 saturated heterocycles. The summed E-state index contributed by atoms with van der Waals surface area (Å²) in [5.41, 5.74) is 4.81. The minimum Gasteiger partial charge on any atom is -0.434 e. The van der Waals surface area contributed by atoms with Gasteiger partial charge in [0.25, 0.3) is 5.91 Å². The first kappa shape index (κ1) is 16.2. The fraction of sp³-hybridized carbons (Fsp3) is 0.300. The van der Waals surface area contributed by atoms with Crippen molar-refractivity contribution in [2.45, 2.75) is 31.9 Å². The van der Waals surface area contributed by atoms with E-state index in [2.05, 4.69) is 0 Å². The Bertz CT molecular complexity index is 1090. The molecule has 2 atom stereocenters. The molecule has 2 unspecified atom stereocenters. The van der Waals surface area contributed by atoms with E-state index in [1.54, 1.807) is 28.6 Å². The minimum absolute atomic E-state index is 0.0646. The van der Waals surface area contributed by atoms with Crippen molar-refractivity contribution in [3.05, 3.63) is 64.5 Å². The van der Waals surface area contributed by atoms with Crippen molar-refractivity contribution < 1.29 is 18.3 Å². The number of fused-ring (bicyclic) bond motifs is 9. The van der Waals surface area contributed by atoms with Crippen molar-refractivity contribution in [1.29, 1.82) is 0 Å². The first-order chi connectivity index (χ1) is 13.0. The Hall–Kier alpha value is -2.96. The van der Waals surface area contributed by atoms with Gasteiger partial charge in [0, 0.05) is 35.9 Å². The number of benzene rings is 1. The minimum atomic E-state index is -2.95. The highest BCUT2D eigenvalue weighted by molar-refractivity contribution is 5.98. The fourth-order valence-corrected chi connectivity index (χ4v) is 4.47. The van der Waals surface area contributed by atoms with Crippen LogP contribution in [0.5, 0.6) is 5.75 Å². The van der Waals surface area contributed by atoms with Crippen LogP contribution in [0.2, 0.25) is 0 Å². The van der Waals surface area contributed by atoms with Gasteiger partial charge in [0.05, 0.1) is 17.3 Å². The van der Waals surface area contributed by atoms with Gasteiger partial charge in [-0.1, -0.05) is 6.07 Å². The SMILES string of the molecule is Cc1ccn2nc3c(c2c1)C1CC3N(C)C(=O)c2cccc(OC(F)F)c21. The average Bonchev–Trinajstić information content (AvgIpc) is 3.14. The Balaban J connectivity index is 1.82. The summed E-state index contributed by atoms with van der Waals surface area (Å²) >= 11 is 0. The molecule has 1 amide bonds. The normalized spacial score (nSPS) is 20.8. The first-order valence-corrected chi connectivity index (χ1v) is 8.79. The van der Waals surface area contributed by atoms with E-state index in [-0.39, 0.29) is 23.6 Å². The zero-order valence-electron chi connectivity index (χ0n) is 14.8. The van der Waals surface area contributed by atoms with Gasteiger partial charge >= 0.3 is 6.61 Å². The lowest BCUT2D eigenvalue weighted by Crippen LogP contribution is -2.30. The largest absolute Gasteiger partial charge is 0.434 e. The van der Waals surface area contributed by atoms with Gasteiger partial charge in [0.2, 0.25) is 0 Å². The molecule has 7 heteroatoms. The summed E-state index contributed by atoms with van der Waals surface area (Å²) in [6, 6.07) is 8.60. The van der Waals surface area contributed by atoms with E-state index in [1.165, 1.54) is 6.07 Å². The second-order valence-corrected chi connectivity index (χ2v) is 7.15. The highest BCUT2D eigenvalue weighted by Gasteiger charge is 2.45. The molecule has 3 aromatic rings. The second kappa shape index (κ2) is 5.52. The number of aromatic nitrogens is 2. The smallest absolute Gasteiger partial charge is 0.387 e.